The third kappa shape index (κ3) is 3.03. The van der Waals surface area contributed by atoms with Crippen LogP contribution < -0.4 is 0 Å². The Morgan fingerprint density at radius 2 is 2.54 bits per heavy atom. The molecule has 0 amide bonds. The predicted molar refractivity (Wildman–Crippen MR) is 44.7 cm³/mol. The summed E-state index contributed by atoms with van der Waals surface area (Å²) in [5.41, 5.74) is 0. The van der Waals surface area contributed by atoms with E-state index in [0.29, 0.717) is 18.9 Å². The molecule has 2 atom stereocenters. The molecule has 0 N–H and O–H groups in total. The number of esters is 1. The molecule has 0 aromatic rings. The average Bonchev–Trinajstić information content (AvgIpc) is 2.14. The van der Waals surface area contributed by atoms with Crippen molar-refractivity contribution in [3.63, 3.8) is 0 Å². The normalized spacial score (nSPS) is 27.7. The van der Waals surface area contributed by atoms with Crippen LogP contribution in [0.25, 0.3) is 0 Å². The lowest BCUT2D eigenvalue weighted by molar-refractivity contribution is -0.160. The van der Waals surface area contributed by atoms with Crippen LogP contribution in [0.15, 0.2) is 0 Å². The van der Waals surface area contributed by atoms with Crippen LogP contribution in [0.5, 0.6) is 0 Å². The molecular formula is C9H13NO3. The fourth-order valence-electron chi connectivity index (χ4n) is 1.32. The minimum Gasteiger partial charge on any atom is -0.448 e. The van der Waals surface area contributed by atoms with Crippen LogP contribution in [0.2, 0.25) is 0 Å². The van der Waals surface area contributed by atoms with E-state index in [-0.39, 0.29) is 6.61 Å². The Morgan fingerprint density at radius 1 is 1.77 bits per heavy atom. The summed E-state index contributed by atoms with van der Waals surface area (Å²) in [5.74, 6) is 0.0847. The van der Waals surface area contributed by atoms with Crippen molar-refractivity contribution in [3.05, 3.63) is 0 Å². The molecule has 1 saturated heterocycles. The molecule has 1 aliphatic rings. The number of nitriles is 1. The third-order valence-electron chi connectivity index (χ3n) is 2.09. The molecule has 0 saturated carbocycles. The zero-order chi connectivity index (χ0) is 9.68. The van der Waals surface area contributed by atoms with Crippen molar-refractivity contribution in [3.8, 4) is 6.07 Å². The molecule has 4 nitrogen and oxygen atoms in total. The maximum atomic E-state index is 11.2. The second-order valence-corrected chi connectivity index (χ2v) is 3.25. The number of carbonyl (C=O) groups is 1. The van der Waals surface area contributed by atoms with Gasteiger partial charge in [-0.3, -0.25) is 0 Å². The number of hydrogen-bond donors (Lipinski definition) is 0. The van der Waals surface area contributed by atoms with Crippen LogP contribution in [-0.4, -0.2) is 25.3 Å². The molecule has 1 fully saturated rings. The Bertz CT molecular complexity index is 221. The SMILES string of the molecule is C[C@H]1CCO[C@H](C(=O)OCC#N)C1. The highest BCUT2D eigenvalue weighted by molar-refractivity contribution is 5.74. The van der Waals surface area contributed by atoms with Crippen LogP contribution in [0, 0.1) is 17.2 Å². The van der Waals surface area contributed by atoms with Gasteiger partial charge in [0.2, 0.25) is 0 Å². The minimum absolute atomic E-state index is 0.187. The van der Waals surface area contributed by atoms with Crippen molar-refractivity contribution in [2.75, 3.05) is 13.2 Å². The van der Waals surface area contributed by atoms with Gasteiger partial charge in [-0.15, -0.1) is 0 Å². The standard InChI is InChI=1S/C9H13NO3/c1-7-2-4-12-8(6-7)9(11)13-5-3-10/h7-8H,2,4-6H2,1H3/t7-,8-/m0/s1. The van der Waals surface area contributed by atoms with Crippen molar-refractivity contribution < 1.29 is 14.3 Å². The molecule has 0 aromatic heterocycles. The molecule has 0 spiro atoms. The van der Waals surface area contributed by atoms with Crippen LogP contribution in [0.1, 0.15) is 19.8 Å². The van der Waals surface area contributed by atoms with E-state index in [1.807, 2.05) is 0 Å². The summed E-state index contributed by atoms with van der Waals surface area (Å²) < 4.78 is 9.88. The summed E-state index contributed by atoms with van der Waals surface area (Å²) in [7, 11) is 0. The van der Waals surface area contributed by atoms with Gasteiger partial charge in [-0.1, -0.05) is 6.92 Å². The molecule has 1 rings (SSSR count). The van der Waals surface area contributed by atoms with Crippen LogP contribution in [-0.2, 0) is 14.3 Å². The highest BCUT2D eigenvalue weighted by Gasteiger charge is 2.26. The summed E-state index contributed by atoms with van der Waals surface area (Å²) in [6, 6.07) is 1.75. The number of ether oxygens (including phenoxy) is 2. The minimum atomic E-state index is -0.461. The van der Waals surface area contributed by atoms with Crippen molar-refractivity contribution in [1.29, 1.82) is 5.26 Å². The Labute approximate surface area is 77.4 Å². The summed E-state index contributed by atoms with van der Waals surface area (Å²) >= 11 is 0. The van der Waals surface area contributed by atoms with Crippen LogP contribution in [0.4, 0.5) is 0 Å². The maximum Gasteiger partial charge on any atom is 0.336 e. The van der Waals surface area contributed by atoms with E-state index in [0.717, 1.165) is 6.42 Å². The highest BCUT2D eigenvalue weighted by Crippen LogP contribution is 2.19. The second-order valence-electron chi connectivity index (χ2n) is 3.25. The Balaban J connectivity index is 2.33. The van der Waals surface area contributed by atoms with Gasteiger partial charge >= 0.3 is 5.97 Å². The van der Waals surface area contributed by atoms with Crippen molar-refractivity contribution in [2.24, 2.45) is 5.92 Å². The van der Waals surface area contributed by atoms with E-state index in [4.69, 9.17) is 10.00 Å². The van der Waals surface area contributed by atoms with Gasteiger partial charge in [0, 0.05) is 6.61 Å². The largest absolute Gasteiger partial charge is 0.448 e. The third-order valence-corrected chi connectivity index (χ3v) is 2.09. The first-order valence-electron chi connectivity index (χ1n) is 4.39. The van der Waals surface area contributed by atoms with Crippen LogP contribution in [0.3, 0.4) is 0 Å². The van der Waals surface area contributed by atoms with Crippen LogP contribution >= 0.6 is 0 Å². The molecule has 0 bridgehead atoms. The predicted octanol–water partition coefficient (Wildman–Crippen LogP) is 0.868. The molecule has 13 heavy (non-hydrogen) atoms. The van der Waals surface area contributed by atoms with Gasteiger partial charge in [-0.2, -0.15) is 5.26 Å². The van der Waals surface area contributed by atoms with Gasteiger partial charge in [-0.25, -0.2) is 4.79 Å². The quantitative estimate of drug-likeness (QED) is 0.596. The first kappa shape index (κ1) is 10.0. The van der Waals surface area contributed by atoms with Gasteiger partial charge in [0.25, 0.3) is 0 Å². The summed E-state index contributed by atoms with van der Waals surface area (Å²) in [6.07, 6.45) is 1.23. The summed E-state index contributed by atoms with van der Waals surface area (Å²) in [5, 5.41) is 8.20. The lowest BCUT2D eigenvalue weighted by Gasteiger charge is -2.25. The monoisotopic (exact) mass is 183 g/mol. The average molecular weight is 183 g/mol. The smallest absolute Gasteiger partial charge is 0.336 e. The fraction of sp³-hybridized carbons (Fsp3) is 0.778. The van der Waals surface area contributed by atoms with Gasteiger partial charge in [-0.05, 0) is 18.8 Å². The summed E-state index contributed by atoms with van der Waals surface area (Å²) in [6.45, 7) is 2.49. The number of carbonyl (C=O) groups excluding carboxylic acids is 1. The molecule has 1 heterocycles. The zero-order valence-electron chi connectivity index (χ0n) is 7.66. The van der Waals surface area contributed by atoms with Gasteiger partial charge in [0.15, 0.2) is 12.7 Å². The molecule has 72 valence electrons. The lowest BCUT2D eigenvalue weighted by atomic mass is 9.98. The number of nitrogens with zero attached hydrogens (tertiary/aromatic N) is 1. The maximum absolute atomic E-state index is 11.2. The van der Waals surface area contributed by atoms with Gasteiger partial charge in [0.05, 0.1) is 0 Å². The van der Waals surface area contributed by atoms with Gasteiger partial charge < -0.3 is 9.47 Å². The van der Waals surface area contributed by atoms with Crippen molar-refractivity contribution in [2.45, 2.75) is 25.9 Å². The van der Waals surface area contributed by atoms with Crippen molar-refractivity contribution in [1.82, 2.24) is 0 Å². The second kappa shape index (κ2) is 4.83. The highest BCUT2D eigenvalue weighted by atomic mass is 16.6. The fourth-order valence-corrected chi connectivity index (χ4v) is 1.32. The van der Waals surface area contributed by atoms with Crippen molar-refractivity contribution >= 4 is 5.97 Å². The first-order chi connectivity index (χ1) is 6.24. The van der Waals surface area contributed by atoms with E-state index in [1.54, 1.807) is 6.07 Å². The number of rotatable bonds is 2. The molecule has 0 aliphatic carbocycles. The lowest BCUT2D eigenvalue weighted by Crippen LogP contribution is -2.33. The first-order valence-corrected chi connectivity index (χ1v) is 4.39. The molecule has 0 unspecified atom stereocenters. The molecule has 4 heteroatoms. The molecule has 1 aliphatic heterocycles. The van der Waals surface area contributed by atoms with E-state index in [1.165, 1.54) is 0 Å². The van der Waals surface area contributed by atoms with Gasteiger partial charge in [0.1, 0.15) is 6.07 Å². The number of hydrogen-bond acceptors (Lipinski definition) is 4. The van der Waals surface area contributed by atoms with E-state index in [2.05, 4.69) is 11.7 Å². The zero-order valence-corrected chi connectivity index (χ0v) is 7.66. The van der Waals surface area contributed by atoms with E-state index < -0.39 is 12.1 Å². The topological polar surface area (TPSA) is 59.3 Å². The Morgan fingerprint density at radius 3 is 3.15 bits per heavy atom. The molecule has 0 aromatic carbocycles. The Kier molecular flexibility index (Phi) is 3.71. The summed E-state index contributed by atoms with van der Waals surface area (Å²) in [4.78, 5) is 11.2. The molecule has 0 radical (unpaired) electrons. The van der Waals surface area contributed by atoms with E-state index >= 15 is 0 Å². The molecular weight excluding hydrogens is 170 g/mol. The Hall–Kier alpha value is -1.08. The van der Waals surface area contributed by atoms with E-state index in [9.17, 15) is 4.79 Å².